The molecule has 0 spiro atoms. The van der Waals surface area contributed by atoms with E-state index in [1.807, 2.05) is 11.9 Å². The van der Waals surface area contributed by atoms with Gasteiger partial charge in [0.25, 0.3) is 5.91 Å². The fourth-order valence-electron chi connectivity index (χ4n) is 3.59. The van der Waals surface area contributed by atoms with Crippen LogP contribution in [0.1, 0.15) is 23.2 Å². The first-order chi connectivity index (χ1) is 13.2. The van der Waals surface area contributed by atoms with Gasteiger partial charge in [0.2, 0.25) is 15.9 Å². The predicted octanol–water partition coefficient (Wildman–Crippen LogP) is 0.684. The average molecular weight is 409 g/mol. The van der Waals surface area contributed by atoms with Crippen molar-refractivity contribution in [1.82, 2.24) is 14.1 Å². The molecule has 2 heterocycles. The largest absolute Gasteiger partial charge is 0.336 e. The van der Waals surface area contributed by atoms with Gasteiger partial charge in [-0.05, 0) is 44.2 Å². The summed E-state index contributed by atoms with van der Waals surface area (Å²) in [6, 6.07) is 6.89. The second-order valence-corrected chi connectivity index (χ2v) is 9.60. The Balaban J connectivity index is 1.58. The first kappa shape index (κ1) is 20.8. The molecule has 28 heavy (non-hydrogen) atoms. The molecule has 1 aromatic rings. The Morgan fingerprint density at radius 3 is 2.29 bits per heavy atom. The van der Waals surface area contributed by atoms with Gasteiger partial charge in [0.15, 0.2) is 0 Å². The lowest BCUT2D eigenvalue weighted by molar-refractivity contribution is -0.120. The van der Waals surface area contributed by atoms with Crippen LogP contribution in [0, 0.1) is 5.92 Å². The number of hydrogen-bond donors (Lipinski definition) is 1. The Kier molecular flexibility index (Phi) is 6.36. The van der Waals surface area contributed by atoms with Gasteiger partial charge < -0.3 is 15.1 Å². The molecule has 2 aliphatic rings. The Morgan fingerprint density at radius 1 is 1.04 bits per heavy atom. The van der Waals surface area contributed by atoms with Crippen LogP contribution in [-0.2, 0) is 14.8 Å². The van der Waals surface area contributed by atoms with Crippen molar-refractivity contribution < 1.29 is 18.0 Å². The molecule has 154 valence electrons. The summed E-state index contributed by atoms with van der Waals surface area (Å²) in [6.07, 6.45) is 2.50. The van der Waals surface area contributed by atoms with Gasteiger partial charge in [0.05, 0.1) is 12.2 Å². The summed E-state index contributed by atoms with van der Waals surface area (Å²) in [5.74, 6) is -0.552. The summed E-state index contributed by atoms with van der Waals surface area (Å²) in [5, 5.41) is 2.84. The molecule has 0 bridgehead atoms. The molecular weight excluding hydrogens is 380 g/mol. The summed E-state index contributed by atoms with van der Waals surface area (Å²) >= 11 is 0. The quantitative estimate of drug-likeness (QED) is 0.792. The number of rotatable bonds is 4. The fraction of sp³-hybridized carbons (Fsp3) is 0.579. The highest BCUT2D eigenvalue weighted by Crippen LogP contribution is 2.21. The van der Waals surface area contributed by atoms with Gasteiger partial charge in [-0.2, -0.15) is 0 Å². The van der Waals surface area contributed by atoms with Gasteiger partial charge in [-0.15, -0.1) is 0 Å². The van der Waals surface area contributed by atoms with Crippen molar-refractivity contribution in [3.8, 4) is 0 Å². The van der Waals surface area contributed by atoms with Gasteiger partial charge >= 0.3 is 0 Å². The molecule has 2 saturated heterocycles. The van der Waals surface area contributed by atoms with Gasteiger partial charge in [0.1, 0.15) is 0 Å². The monoisotopic (exact) mass is 408 g/mol. The van der Waals surface area contributed by atoms with Crippen molar-refractivity contribution in [2.75, 3.05) is 57.9 Å². The number of hydrogen-bond acceptors (Lipinski definition) is 5. The number of nitrogens with one attached hydrogen (secondary N) is 1. The topological polar surface area (TPSA) is 90.0 Å². The zero-order valence-electron chi connectivity index (χ0n) is 16.4. The summed E-state index contributed by atoms with van der Waals surface area (Å²) in [5.41, 5.74) is 1.21. The minimum absolute atomic E-state index is 0.00190. The van der Waals surface area contributed by atoms with Crippen molar-refractivity contribution in [2.45, 2.75) is 12.8 Å². The second kappa shape index (κ2) is 8.59. The number of carbonyl (C=O) groups is 2. The Morgan fingerprint density at radius 2 is 1.68 bits per heavy atom. The zero-order valence-corrected chi connectivity index (χ0v) is 17.2. The van der Waals surface area contributed by atoms with Crippen LogP contribution in [0.15, 0.2) is 24.3 Å². The van der Waals surface area contributed by atoms with E-state index in [4.69, 9.17) is 0 Å². The van der Waals surface area contributed by atoms with Gasteiger partial charge in [-0.1, -0.05) is 0 Å². The maximum Gasteiger partial charge on any atom is 0.253 e. The maximum atomic E-state index is 12.6. The number of amides is 2. The number of sulfonamides is 1. The Bertz CT molecular complexity index is 817. The summed E-state index contributed by atoms with van der Waals surface area (Å²) in [7, 11) is -1.24. The van der Waals surface area contributed by atoms with Crippen molar-refractivity contribution in [2.24, 2.45) is 5.92 Å². The smallest absolute Gasteiger partial charge is 0.253 e. The minimum atomic E-state index is -3.29. The van der Waals surface area contributed by atoms with Crippen molar-refractivity contribution in [3.63, 3.8) is 0 Å². The number of piperidine rings is 1. The van der Waals surface area contributed by atoms with E-state index in [9.17, 15) is 18.0 Å². The summed E-state index contributed by atoms with van der Waals surface area (Å²) in [6.45, 7) is 3.84. The van der Waals surface area contributed by atoms with Crippen LogP contribution in [0.5, 0.6) is 0 Å². The van der Waals surface area contributed by atoms with E-state index in [0.29, 0.717) is 43.7 Å². The molecule has 1 N–H and O–H groups in total. The average Bonchev–Trinajstić information content (AvgIpc) is 2.68. The highest BCUT2D eigenvalue weighted by Gasteiger charge is 2.30. The van der Waals surface area contributed by atoms with Crippen molar-refractivity contribution in [1.29, 1.82) is 0 Å². The van der Waals surface area contributed by atoms with Crippen LogP contribution in [0.3, 0.4) is 0 Å². The SMILES string of the molecule is CN1CCN(C(=O)c2ccc(NC(=O)C3CCCN(S(C)(=O)=O)C3)cc2)CC1. The van der Waals surface area contributed by atoms with E-state index in [2.05, 4.69) is 10.2 Å². The third-order valence-corrected chi connectivity index (χ3v) is 6.68. The van der Waals surface area contributed by atoms with Crippen molar-refractivity contribution in [3.05, 3.63) is 29.8 Å². The number of carbonyl (C=O) groups excluding carboxylic acids is 2. The second-order valence-electron chi connectivity index (χ2n) is 7.62. The molecule has 0 aromatic heterocycles. The number of piperazine rings is 1. The van der Waals surface area contributed by atoms with Crippen LogP contribution in [0.2, 0.25) is 0 Å². The molecular formula is C19H28N4O4S. The lowest BCUT2D eigenvalue weighted by Gasteiger charge is -2.32. The van der Waals surface area contributed by atoms with Gasteiger partial charge in [-0.3, -0.25) is 9.59 Å². The summed E-state index contributed by atoms with van der Waals surface area (Å²) < 4.78 is 24.8. The molecule has 2 aliphatic heterocycles. The molecule has 1 atom stereocenters. The highest BCUT2D eigenvalue weighted by atomic mass is 32.2. The molecule has 8 nitrogen and oxygen atoms in total. The molecule has 2 amide bonds. The van der Waals surface area contributed by atoms with E-state index < -0.39 is 10.0 Å². The van der Waals surface area contributed by atoms with E-state index in [0.717, 1.165) is 13.1 Å². The molecule has 0 aliphatic carbocycles. The number of likely N-dealkylation sites (N-methyl/N-ethyl adjacent to an activating group) is 1. The van der Waals surface area contributed by atoms with Crippen LogP contribution in [-0.4, -0.2) is 86.9 Å². The molecule has 3 rings (SSSR count). The van der Waals surface area contributed by atoms with Gasteiger partial charge in [-0.25, -0.2) is 12.7 Å². The minimum Gasteiger partial charge on any atom is -0.336 e. The lowest BCUT2D eigenvalue weighted by Crippen LogP contribution is -2.47. The van der Waals surface area contributed by atoms with Crippen LogP contribution in [0.25, 0.3) is 0 Å². The number of nitrogens with zero attached hydrogens (tertiary/aromatic N) is 3. The molecule has 0 radical (unpaired) electrons. The van der Waals surface area contributed by atoms with Crippen molar-refractivity contribution >= 4 is 27.5 Å². The van der Waals surface area contributed by atoms with E-state index in [1.54, 1.807) is 24.3 Å². The van der Waals surface area contributed by atoms with Crippen LogP contribution in [0.4, 0.5) is 5.69 Å². The first-order valence-electron chi connectivity index (χ1n) is 9.58. The molecule has 1 unspecified atom stereocenters. The molecule has 0 saturated carbocycles. The van der Waals surface area contributed by atoms with E-state index in [-0.39, 0.29) is 24.3 Å². The maximum absolute atomic E-state index is 12.6. The highest BCUT2D eigenvalue weighted by molar-refractivity contribution is 7.88. The molecule has 2 fully saturated rings. The third kappa shape index (κ3) is 5.09. The van der Waals surface area contributed by atoms with E-state index in [1.165, 1.54) is 10.6 Å². The Hall–Kier alpha value is -1.97. The number of anilines is 1. The van der Waals surface area contributed by atoms with Crippen LogP contribution >= 0.6 is 0 Å². The van der Waals surface area contributed by atoms with Crippen LogP contribution < -0.4 is 5.32 Å². The zero-order chi connectivity index (χ0) is 20.3. The van der Waals surface area contributed by atoms with Gasteiger partial charge in [0, 0.05) is 50.5 Å². The fourth-order valence-corrected chi connectivity index (χ4v) is 4.50. The molecule has 9 heteroatoms. The Labute approximate surface area is 166 Å². The van der Waals surface area contributed by atoms with E-state index >= 15 is 0 Å². The summed E-state index contributed by atoms with van der Waals surface area (Å²) in [4.78, 5) is 29.1. The molecule has 1 aromatic carbocycles. The number of benzene rings is 1. The first-order valence-corrected chi connectivity index (χ1v) is 11.4. The standard InChI is InChI=1S/C19H28N4O4S/c1-21-10-12-22(13-11-21)19(25)15-5-7-17(8-6-15)20-18(24)16-4-3-9-23(14-16)28(2,26)27/h5-8,16H,3-4,9-14H2,1-2H3,(H,20,24). The predicted molar refractivity (Wildman–Crippen MR) is 108 cm³/mol. The third-order valence-electron chi connectivity index (χ3n) is 5.41. The normalized spacial score (nSPS) is 22.1. The lowest BCUT2D eigenvalue weighted by atomic mass is 9.98.